The summed E-state index contributed by atoms with van der Waals surface area (Å²) < 4.78 is 0. The number of rotatable bonds is 9. The van der Waals surface area contributed by atoms with E-state index in [2.05, 4.69) is 6.92 Å². The molecule has 0 bridgehead atoms. The summed E-state index contributed by atoms with van der Waals surface area (Å²) in [7, 11) is 0. The second-order valence-corrected chi connectivity index (χ2v) is 5.91. The highest BCUT2D eigenvalue weighted by Crippen LogP contribution is 2.27. The first-order chi connectivity index (χ1) is 9.15. The third kappa shape index (κ3) is 6.65. The normalized spacial score (nSPS) is 12.6. The van der Waals surface area contributed by atoms with Gasteiger partial charge in [0.1, 0.15) is 0 Å². The molecule has 1 N–H and O–H groups in total. The van der Waals surface area contributed by atoms with E-state index in [1.165, 1.54) is 38.5 Å². The highest BCUT2D eigenvalue weighted by Gasteiger charge is 2.09. The van der Waals surface area contributed by atoms with Gasteiger partial charge >= 0.3 is 0 Å². The van der Waals surface area contributed by atoms with Gasteiger partial charge < -0.3 is 5.11 Å². The lowest BCUT2D eigenvalue weighted by Gasteiger charge is -2.11. The maximum atomic E-state index is 10.1. The van der Waals surface area contributed by atoms with Crippen LogP contribution in [-0.2, 0) is 0 Å². The van der Waals surface area contributed by atoms with Gasteiger partial charge in [-0.05, 0) is 24.1 Å². The molecule has 0 saturated heterocycles. The van der Waals surface area contributed by atoms with E-state index in [1.54, 1.807) is 12.1 Å². The van der Waals surface area contributed by atoms with Crippen molar-refractivity contribution >= 4 is 23.2 Å². The summed E-state index contributed by atoms with van der Waals surface area (Å²) in [5.41, 5.74) is 0.861. The van der Waals surface area contributed by atoms with Crippen molar-refractivity contribution in [1.82, 2.24) is 0 Å². The molecule has 0 spiro atoms. The molecule has 108 valence electrons. The number of hydrogen-bond acceptors (Lipinski definition) is 1. The number of unbranched alkanes of at least 4 members (excludes halogenated alkanes) is 6. The lowest BCUT2D eigenvalue weighted by Crippen LogP contribution is -1.97. The van der Waals surface area contributed by atoms with Crippen molar-refractivity contribution in [2.24, 2.45) is 0 Å². The smallest absolute Gasteiger partial charge is 0.0790 e. The predicted molar refractivity (Wildman–Crippen MR) is 84.0 cm³/mol. The zero-order chi connectivity index (χ0) is 14.1. The first-order valence-electron chi connectivity index (χ1n) is 7.28. The zero-order valence-electron chi connectivity index (χ0n) is 11.7. The Balaban J connectivity index is 2.20. The molecule has 0 aliphatic heterocycles. The van der Waals surface area contributed by atoms with Crippen LogP contribution in [0, 0.1) is 0 Å². The molecule has 0 heterocycles. The Morgan fingerprint density at radius 1 is 0.947 bits per heavy atom. The van der Waals surface area contributed by atoms with Crippen molar-refractivity contribution in [3.8, 4) is 0 Å². The monoisotopic (exact) mass is 302 g/mol. The Hall–Kier alpha value is -0.240. The lowest BCUT2D eigenvalue weighted by atomic mass is 10.0. The van der Waals surface area contributed by atoms with E-state index in [1.807, 2.05) is 6.07 Å². The Bertz CT molecular complexity index is 366. The number of aliphatic hydroxyl groups is 1. The molecule has 3 heteroatoms. The van der Waals surface area contributed by atoms with Gasteiger partial charge in [-0.3, -0.25) is 0 Å². The molecule has 1 aromatic carbocycles. The molecule has 1 atom stereocenters. The van der Waals surface area contributed by atoms with E-state index in [4.69, 9.17) is 23.2 Å². The van der Waals surface area contributed by atoms with Gasteiger partial charge in [-0.2, -0.15) is 0 Å². The van der Waals surface area contributed by atoms with Gasteiger partial charge in [-0.25, -0.2) is 0 Å². The quantitative estimate of drug-likeness (QED) is 0.541. The van der Waals surface area contributed by atoms with Crippen LogP contribution in [0.1, 0.15) is 70.0 Å². The lowest BCUT2D eigenvalue weighted by molar-refractivity contribution is 0.163. The van der Waals surface area contributed by atoms with Crippen molar-refractivity contribution in [3.63, 3.8) is 0 Å². The highest BCUT2D eigenvalue weighted by molar-refractivity contribution is 6.42. The number of aliphatic hydroxyl groups excluding tert-OH is 1. The second-order valence-electron chi connectivity index (χ2n) is 5.10. The number of hydrogen-bond donors (Lipinski definition) is 1. The van der Waals surface area contributed by atoms with Crippen LogP contribution in [0.2, 0.25) is 10.0 Å². The third-order valence-corrected chi connectivity index (χ3v) is 4.15. The predicted octanol–water partition coefficient (Wildman–Crippen LogP) is 6.17. The SMILES string of the molecule is CCCCCCCCCC(O)c1ccc(Cl)c(Cl)c1. The Kier molecular flexibility index (Phi) is 8.52. The summed E-state index contributed by atoms with van der Waals surface area (Å²) in [4.78, 5) is 0. The molecule has 0 aliphatic carbocycles. The average molecular weight is 303 g/mol. The highest BCUT2D eigenvalue weighted by atomic mass is 35.5. The fourth-order valence-corrected chi connectivity index (χ4v) is 2.49. The summed E-state index contributed by atoms with van der Waals surface area (Å²) in [5, 5.41) is 11.1. The molecule has 0 fully saturated rings. The summed E-state index contributed by atoms with van der Waals surface area (Å²) >= 11 is 11.8. The summed E-state index contributed by atoms with van der Waals surface area (Å²) in [6, 6.07) is 5.35. The van der Waals surface area contributed by atoms with Gasteiger partial charge in [0.05, 0.1) is 16.1 Å². The van der Waals surface area contributed by atoms with Gasteiger partial charge in [0.15, 0.2) is 0 Å². The Morgan fingerprint density at radius 3 is 2.21 bits per heavy atom. The van der Waals surface area contributed by atoms with Crippen LogP contribution in [0.15, 0.2) is 18.2 Å². The first-order valence-corrected chi connectivity index (χ1v) is 8.03. The summed E-state index contributed by atoms with van der Waals surface area (Å²) in [5.74, 6) is 0. The van der Waals surface area contributed by atoms with Gasteiger partial charge in [0.25, 0.3) is 0 Å². The average Bonchev–Trinajstić information content (AvgIpc) is 2.40. The minimum atomic E-state index is -0.426. The Morgan fingerprint density at radius 2 is 1.58 bits per heavy atom. The third-order valence-electron chi connectivity index (χ3n) is 3.41. The summed E-state index contributed by atoms with van der Waals surface area (Å²) in [6.07, 6.45) is 9.19. The van der Waals surface area contributed by atoms with E-state index in [0.29, 0.717) is 10.0 Å². The molecule has 1 nitrogen and oxygen atoms in total. The molecular formula is C16H24Cl2O. The van der Waals surface area contributed by atoms with E-state index in [0.717, 1.165) is 18.4 Å². The zero-order valence-corrected chi connectivity index (χ0v) is 13.2. The van der Waals surface area contributed by atoms with Gasteiger partial charge in [0.2, 0.25) is 0 Å². The molecular weight excluding hydrogens is 279 g/mol. The minimum absolute atomic E-state index is 0.426. The maximum Gasteiger partial charge on any atom is 0.0790 e. The van der Waals surface area contributed by atoms with Crippen LogP contribution in [0.4, 0.5) is 0 Å². The van der Waals surface area contributed by atoms with E-state index >= 15 is 0 Å². The van der Waals surface area contributed by atoms with Gasteiger partial charge in [-0.15, -0.1) is 0 Å². The molecule has 0 amide bonds. The maximum absolute atomic E-state index is 10.1. The molecule has 1 rings (SSSR count). The van der Waals surface area contributed by atoms with E-state index in [9.17, 15) is 5.11 Å². The van der Waals surface area contributed by atoms with Gasteiger partial charge in [-0.1, -0.05) is 81.1 Å². The van der Waals surface area contributed by atoms with Crippen LogP contribution < -0.4 is 0 Å². The molecule has 1 unspecified atom stereocenters. The standard InChI is InChI=1S/C16H24Cl2O/c1-2-3-4-5-6-7-8-9-16(19)13-10-11-14(17)15(18)12-13/h10-12,16,19H,2-9H2,1H3. The van der Waals surface area contributed by atoms with Crippen LogP contribution in [0.25, 0.3) is 0 Å². The number of benzene rings is 1. The van der Waals surface area contributed by atoms with Crippen molar-refractivity contribution in [2.45, 2.75) is 64.4 Å². The first kappa shape index (κ1) is 16.8. The molecule has 0 radical (unpaired) electrons. The van der Waals surface area contributed by atoms with E-state index < -0.39 is 6.10 Å². The van der Waals surface area contributed by atoms with Crippen LogP contribution >= 0.6 is 23.2 Å². The van der Waals surface area contributed by atoms with Crippen molar-refractivity contribution < 1.29 is 5.11 Å². The second kappa shape index (κ2) is 9.63. The molecule has 0 saturated carbocycles. The molecule has 1 aromatic rings. The van der Waals surface area contributed by atoms with Crippen LogP contribution in [-0.4, -0.2) is 5.11 Å². The van der Waals surface area contributed by atoms with E-state index in [-0.39, 0.29) is 0 Å². The Labute approximate surface area is 126 Å². The molecule has 0 aliphatic rings. The molecule has 0 aromatic heterocycles. The van der Waals surface area contributed by atoms with Gasteiger partial charge in [0, 0.05) is 0 Å². The van der Waals surface area contributed by atoms with Crippen molar-refractivity contribution in [2.75, 3.05) is 0 Å². The fraction of sp³-hybridized carbons (Fsp3) is 0.625. The largest absolute Gasteiger partial charge is 0.388 e. The van der Waals surface area contributed by atoms with Crippen LogP contribution in [0.5, 0.6) is 0 Å². The topological polar surface area (TPSA) is 20.2 Å². The number of halogens is 2. The summed E-state index contributed by atoms with van der Waals surface area (Å²) in [6.45, 7) is 2.23. The van der Waals surface area contributed by atoms with Crippen molar-refractivity contribution in [1.29, 1.82) is 0 Å². The molecule has 19 heavy (non-hydrogen) atoms. The fourth-order valence-electron chi connectivity index (χ4n) is 2.18. The van der Waals surface area contributed by atoms with Crippen LogP contribution in [0.3, 0.4) is 0 Å². The van der Waals surface area contributed by atoms with Crippen molar-refractivity contribution in [3.05, 3.63) is 33.8 Å². The minimum Gasteiger partial charge on any atom is -0.388 e.